The van der Waals surface area contributed by atoms with Gasteiger partial charge in [-0.05, 0) is 68.1 Å². The van der Waals surface area contributed by atoms with E-state index in [9.17, 15) is 0 Å². The molecule has 0 aliphatic carbocycles. The van der Waals surface area contributed by atoms with Gasteiger partial charge in [-0.1, -0.05) is 11.6 Å². The minimum atomic E-state index is 0.727. The first-order chi connectivity index (χ1) is 11.1. The maximum absolute atomic E-state index is 6.14. The summed E-state index contributed by atoms with van der Waals surface area (Å²) in [7, 11) is 1.71. The molecule has 0 spiro atoms. The molecule has 0 fully saturated rings. The summed E-state index contributed by atoms with van der Waals surface area (Å²) in [4.78, 5) is 4.78. The first kappa shape index (κ1) is 16.4. The molecule has 0 radical (unpaired) electrons. The third kappa shape index (κ3) is 3.25. The Labute approximate surface area is 145 Å². The predicted molar refractivity (Wildman–Crippen MR) is 99.9 cm³/mol. The highest BCUT2D eigenvalue weighted by molar-refractivity contribution is 7.19. The lowest BCUT2D eigenvalue weighted by molar-refractivity contribution is 0.415. The van der Waals surface area contributed by atoms with Crippen LogP contribution < -0.4 is 10.5 Å². The number of aromatic nitrogens is 1. The van der Waals surface area contributed by atoms with Crippen molar-refractivity contribution in [3.63, 3.8) is 0 Å². The number of benzene rings is 1. The first-order valence-corrected chi connectivity index (χ1v) is 8.98. The molecule has 23 heavy (non-hydrogen) atoms. The second-order valence-electron chi connectivity index (χ2n) is 5.69. The molecule has 3 nitrogen and oxygen atoms in total. The number of halogens is 1. The summed E-state index contributed by atoms with van der Waals surface area (Å²) in [6.45, 7) is 2.83. The van der Waals surface area contributed by atoms with Gasteiger partial charge in [-0.15, -0.1) is 11.3 Å². The Morgan fingerprint density at radius 1 is 1.26 bits per heavy atom. The average Bonchev–Trinajstić information content (AvgIpc) is 3.12. The Bertz CT molecular complexity index is 822. The zero-order valence-corrected chi connectivity index (χ0v) is 15.0. The molecule has 3 aromatic rings. The number of nitrogens with one attached hydrogen (secondary N) is 1. The predicted octanol–water partition coefficient (Wildman–Crippen LogP) is 5.15. The smallest absolute Gasteiger partial charge is 0.119 e. The summed E-state index contributed by atoms with van der Waals surface area (Å²) >= 11 is 7.74. The van der Waals surface area contributed by atoms with Crippen LogP contribution in [0.1, 0.15) is 24.0 Å². The normalized spacial score (nSPS) is 11.3. The van der Waals surface area contributed by atoms with Crippen LogP contribution in [0.5, 0.6) is 5.75 Å². The number of fused-ring (bicyclic) bond motifs is 1. The first-order valence-electron chi connectivity index (χ1n) is 7.79. The average molecular weight is 349 g/mol. The summed E-state index contributed by atoms with van der Waals surface area (Å²) in [6, 6.07) is 8.21. The monoisotopic (exact) mass is 348 g/mol. The number of unbranched alkanes of at least 4 members (excludes halogenated alkanes) is 1. The molecule has 1 aromatic carbocycles. The van der Waals surface area contributed by atoms with Crippen molar-refractivity contribution in [3.8, 4) is 16.3 Å². The van der Waals surface area contributed by atoms with E-state index in [1.54, 1.807) is 18.4 Å². The molecule has 0 aliphatic rings. The van der Waals surface area contributed by atoms with E-state index in [2.05, 4.69) is 30.1 Å². The third-order valence-corrected chi connectivity index (χ3v) is 5.37. The Balaban J connectivity index is 2.17. The number of methoxy groups -OCH3 is 1. The summed E-state index contributed by atoms with van der Waals surface area (Å²) in [5, 5.41) is 1.23. The number of nitrogens with two attached hydrogens (primary N) is 1. The van der Waals surface area contributed by atoms with E-state index in [1.807, 2.05) is 6.07 Å². The van der Waals surface area contributed by atoms with Crippen molar-refractivity contribution < 1.29 is 4.74 Å². The van der Waals surface area contributed by atoms with E-state index < -0.39 is 0 Å². The molecule has 0 unspecified atom stereocenters. The molecule has 0 atom stereocenters. The summed E-state index contributed by atoms with van der Waals surface area (Å²) in [6.07, 6.45) is 3.10. The van der Waals surface area contributed by atoms with E-state index in [0.717, 1.165) is 35.9 Å². The van der Waals surface area contributed by atoms with Crippen molar-refractivity contribution in [2.24, 2.45) is 5.73 Å². The summed E-state index contributed by atoms with van der Waals surface area (Å²) in [5.41, 5.74) is 10.5. The SMILES string of the molecule is COc1cc(C)c2[nH]c(-c3ccc(Cl)s3)c(CCCCN)c2c1. The van der Waals surface area contributed by atoms with Crippen molar-refractivity contribution in [1.82, 2.24) is 4.98 Å². The van der Waals surface area contributed by atoms with E-state index >= 15 is 0 Å². The lowest BCUT2D eigenvalue weighted by atomic mass is 10.0. The van der Waals surface area contributed by atoms with Gasteiger partial charge >= 0.3 is 0 Å². The number of hydrogen-bond donors (Lipinski definition) is 2. The molecule has 0 amide bonds. The Morgan fingerprint density at radius 2 is 2.09 bits per heavy atom. The lowest BCUT2D eigenvalue weighted by Gasteiger charge is -2.05. The van der Waals surface area contributed by atoms with E-state index in [0.29, 0.717) is 0 Å². The topological polar surface area (TPSA) is 51.0 Å². The highest BCUT2D eigenvalue weighted by Crippen LogP contribution is 2.39. The van der Waals surface area contributed by atoms with Crippen molar-refractivity contribution in [3.05, 3.63) is 39.7 Å². The lowest BCUT2D eigenvalue weighted by Crippen LogP contribution is -1.99. The highest BCUT2D eigenvalue weighted by atomic mass is 35.5. The van der Waals surface area contributed by atoms with Crippen LogP contribution in [-0.2, 0) is 6.42 Å². The third-order valence-electron chi connectivity index (χ3n) is 4.12. The van der Waals surface area contributed by atoms with Gasteiger partial charge in [0.05, 0.1) is 22.0 Å². The van der Waals surface area contributed by atoms with Gasteiger partial charge in [0.1, 0.15) is 5.75 Å². The number of H-pyrrole nitrogens is 1. The molecule has 5 heteroatoms. The molecule has 2 aromatic heterocycles. The van der Waals surface area contributed by atoms with Gasteiger partial charge in [-0.2, -0.15) is 0 Å². The number of aromatic amines is 1. The number of ether oxygens (including phenoxy) is 1. The number of thiophene rings is 1. The van der Waals surface area contributed by atoms with Gasteiger partial charge in [0.2, 0.25) is 0 Å². The minimum absolute atomic E-state index is 0.727. The van der Waals surface area contributed by atoms with Gasteiger partial charge in [-0.3, -0.25) is 0 Å². The second kappa shape index (κ2) is 6.95. The van der Waals surface area contributed by atoms with Crippen molar-refractivity contribution >= 4 is 33.8 Å². The molecule has 0 saturated heterocycles. The fourth-order valence-electron chi connectivity index (χ4n) is 2.98. The van der Waals surface area contributed by atoms with E-state index in [4.69, 9.17) is 22.1 Å². The highest BCUT2D eigenvalue weighted by Gasteiger charge is 2.16. The van der Waals surface area contributed by atoms with Gasteiger partial charge in [0.15, 0.2) is 0 Å². The van der Waals surface area contributed by atoms with Crippen molar-refractivity contribution in [2.45, 2.75) is 26.2 Å². The van der Waals surface area contributed by atoms with Crippen LogP contribution in [0.4, 0.5) is 0 Å². The van der Waals surface area contributed by atoms with Crippen molar-refractivity contribution in [2.75, 3.05) is 13.7 Å². The zero-order valence-electron chi connectivity index (χ0n) is 13.4. The molecule has 122 valence electrons. The summed E-state index contributed by atoms with van der Waals surface area (Å²) < 4.78 is 6.26. The second-order valence-corrected chi connectivity index (χ2v) is 7.41. The Kier molecular flexibility index (Phi) is 4.95. The maximum atomic E-state index is 6.14. The van der Waals surface area contributed by atoms with Crippen LogP contribution in [-0.4, -0.2) is 18.6 Å². The molecule has 0 aliphatic heterocycles. The van der Waals surface area contributed by atoms with Gasteiger partial charge < -0.3 is 15.5 Å². The van der Waals surface area contributed by atoms with E-state index in [1.165, 1.54) is 32.6 Å². The fraction of sp³-hybridized carbons (Fsp3) is 0.333. The molecule has 2 heterocycles. The van der Waals surface area contributed by atoms with Crippen molar-refractivity contribution in [1.29, 1.82) is 0 Å². The van der Waals surface area contributed by atoms with Crippen LogP contribution in [0.2, 0.25) is 4.34 Å². The van der Waals surface area contributed by atoms with Crippen LogP contribution in [0.3, 0.4) is 0 Å². The molecule has 0 bridgehead atoms. The molecular formula is C18H21ClN2OS. The quantitative estimate of drug-likeness (QED) is 0.605. The number of aryl methyl sites for hydroxylation is 2. The molecule has 3 rings (SSSR count). The van der Waals surface area contributed by atoms with Gasteiger partial charge in [-0.25, -0.2) is 0 Å². The van der Waals surface area contributed by atoms with Crippen LogP contribution in [0.25, 0.3) is 21.5 Å². The molecule has 3 N–H and O–H groups in total. The Morgan fingerprint density at radius 3 is 2.74 bits per heavy atom. The Hall–Kier alpha value is -1.49. The maximum Gasteiger partial charge on any atom is 0.119 e. The van der Waals surface area contributed by atoms with Crippen LogP contribution in [0.15, 0.2) is 24.3 Å². The summed E-state index contributed by atoms with van der Waals surface area (Å²) in [5.74, 6) is 0.893. The molecule has 0 saturated carbocycles. The largest absolute Gasteiger partial charge is 0.497 e. The standard InChI is InChI=1S/C18H21ClN2OS/c1-11-9-12(22-2)10-14-13(5-3-4-8-20)18(21-17(11)14)15-6-7-16(19)23-15/h6-7,9-10,21H,3-5,8,20H2,1-2H3. The fourth-order valence-corrected chi connectivity index (χ4v) is 4.05. The number of rotatable bonds is 6. The van der Waals surface area contributed by atoms with Gasteiger partial charge in [0, 0.05) is 10.9 Å². The van der Waals surface area contributed by atoms with Crippen LogP contribution in [0, 0.1) is 6.92 Å². The van der Waals surface area contributed by atoms with E-state index in [-0.39, 0.29) is 0 Å². The zero-order chi connectivity index (χ0) is 16.4. The number of hydrogen-bond acceptors (Lipinski definition) is 3. The molecular weight excluding hydrogens is 328 g/mol. The minimum Gasteiger partial charge on any atom is -0.497 e. The van der Waals surface area contributed by atoms with Gasteiger partial charge in [0.25, 0.3) is 0 Å². The van der Waals surface area contributed by atoms with Crippen LogP contribution >= 0.6 is 22.9 Å².